The van der Waals surface area contributed by atoms with E-state index >= 15 is 0 Å². The molecule has 0 aliphatic carbocycles. The van der Waals surface area contributed by atoms with E-state index < -0.39 is 172 Å². The van der Waals surface area contributed by atoms with Crippen molar-refractivity contribution in [3.05, 3.63) is 0 Å². The number of unbranched alkanes of at least 4 members (excludes halogenated alkanes) is 26. The molecule has 0 aliphatic heterocycles. The highest BCUT2D eigenvalue weighted by molar-refractivity contribution is 5.82. The predicted molar refractivity (Wildman–Crippen MR) is 298 cm³/mol. The van der Waals surface area contributed by atoms with Crippen LogP contribution in [-0.2, 0) is 66.4 Å². The monoisotopic (exact) mass is 1930 g/mol. The lowest BCUT2D eigenvalue weighted by Crippen LogP contribution is -2.63. The van der Waals surface area contributed by atoms with E-state index in [2.05, 4.69) is 0 Å². The molecule has 0 bridgehead atoms. The first-order chi connectivity index (χ1) is 54.2. The smallest absolute Gasteiger partial charge is 0.349 e. The molecule has 16 nitrogen and oxygen atoms in total. The fraction of sp³-hybridized carbons (Fsp3) is 0.966. The molecule has 0 unspecified atom stereocenters. The third kappa shape index (κ3) is 33.3. The lowest BCUT2D eigenvalue weighted by Gasteiger charge is -2.38. The van der Waals surface area contributed by atoms with Crippen molar-refractivity contribution >= 4 is 11.8 Å². The van der Waals surface area contributed by atoms with Crippen LogP contribution in [0.3, 0.4) is 0 Å². The Balaban J connectivity index is 6.25. The molecular weight excluding hydrogens is 1860 g/mol. The highest BCUT2D eigenvalue weighted by Crippen LogP contribution is 2.59. The van der Waals surface area contributed by atoms with Crippen LogP contribution in [0.5, 0.6) is 0 Å². The molecule has 64 heteroatoms. The van der Waals surface area contributed by atoms with Gasteiger partial charge in [0, 0.05) is 13.1 Å². The summed E-state index contributed by atoms with van der Waals surface area (Å²) in [4.78, 5) is 23.3. The maximum absolute atomic E-state index is 14.1. The van der Waals surface area contributed by atoms with E-state index in [1.165, 1.54) is 9.47 Å². The lowest BCUT2D eigenvalue weighted by atomic mass is 10.0. The van der Waals surface area contributed by atoms with Gasteiger partial charge in [0.25, 0.3) is 0 Å². The van der Waals surface area contributed by atoms with Gasteiger partial charge >= 0.3 is 158 Å². The third-order valence-electron chi connectivity index (χ3n) is 15.0. The summed E-state index contributed by atoms with van der Waals surface area (Å²) >= 11 is 0. The maximum Gasteiger partial charge on any atom is 0.453 e. The fourth-order valence-corrected chi connectivity index (χ4v) is 8.58. The number of hydrogen-bond donors (Lipinski definition) is 2. The second kappa shape index (κ2) is 43.0. The molecule has 730 valence electrons. The molecule has 0 aliphatic rings. The van der Waals surface area contributed by atoms with Crippen molar-refractivity contribution in [2.75, 3.05) is 13.1 Å². The number of rotatable bonds is 67. The molecule has 0 aromatic rings. The fourth-order valence-electron chi connectivity index (χ4n) is 8.58. The summed E-state index contributed by atoms with van der Waals surface area (Å²) < 4.78 is 688. The average molecular weight is 1930 g/mol. The molecule has 0 rings (SSSR count). The molecule has 2 amide bonds. The van der Waals surface area contributed by atoms with Crippen molar-refractivity contribution < 1.29 is 277 Å². The van der Waals surface area contributed by atoms with E-state index in [0.717, 1.165) is 164 Å². The van der Waals surface area contributed by atoms with E-state index in [4.69, 9.17) is 0 Å². The van der Waals surface area contributed by atoms with E-state index in [-0.39, 0.29) is 25.7 Å². The van der Waals surface area contributed by atoms with Gasteiger partial charge in [0.2, 0.25) is 0 Å². The summed E-state index contributed by atoms with van der Waals surface area (Å²) in [5.74, 6) is -6.40. The van der Waals surface area contributed by atoms with E-state index in [1.54, 1.807) is 0 Å². The summed E-state index contributed by atoms with van der Waals surface area (Å²) in [5.41, 5.74) is 0. The Kier molecular flexibility index (Phi) is 41.3. The SMILES string of the molecule is CCCCCCCCCCCCCCCCNC(=O)C(F)(F)OC(F)(F)C(F)(F)OC(F)(F)C(F)(F)OC(F)(F)C(F)(F)OC(F)(F)C(F)(F)OC(F)(F)C(F)(F)OC(F)(F)C(F)(F)OC(F)(F)C(F)(F)OC(F)(F)C(F)(F)OC(F)(F)C(F)(F)OC(F)(F)C(F)(F)OC(F)(F)C(F)(F)OC(F)(F)C(=O)NCCCCCCCCCCCCCCCC. The van der Waals surface area contributed by atoms with Gasteiger partial charge in [-0.15, -0.1) is 0 Å². The van der Waals surface area contributed by atoms with Gasteiger partial charge in [0.15, 0.2) is 0 Å². The Labute approximate surface area is 652 Å². The lowest BCUT2D eigenvalue weighted by molar-refractivity contribution is -0.605. The quantitative estimate of drug-likeness (QED) is 0.0436. The average Bonchev–Trinajstić information content (AvgIpc) is 0.745. The Bertz CT molecular complexity index is 2940. The molecule has 0 saturated carbocycles. The van der Waals surface area contributed by atoms with Crippen LogP contribution in [-0.4, -0.2) is 172 Å². The normalized spacial score (nSPS) is 15.3. The van der Waals surface area contributed by atoms with Crippen molar-refractivity contribution in [2.45, 2.75) is 340 Å². The second-order valence-electron chi connectivity index (χ2n) is 25.3. The first-order valence-electron chi connectivity index (χ1n) is 34.2. The minimum absolute atomic E-state index is 0.0593. The van der Waals surface area contributed by atoms with Crippen LogP contribution in [0.25, 0.3) is 0 Å². The zero-order valence-corrected chi connectivity index (χ0v) is 61.1. The number of halogens is 48. The number of carbonyl (C=O) groups excluding carboxylic acids is 2. The Morgan fingerprint density at radius 2 is 0.246 bits per heavy atom. The largest absolute Gasteiger partial charge is 0.453 e. The van der Waals surface area contributed by atoms with Crippen LogP contribution in [0.4, 0.5) is 211 Å². The number of alkyl halides is 48. The number of amides is 2. The van der Waals surface area contributed by atoms with E-state index in [1.807, 2.05) is 23.3 Å². The Morgan fingerprint density at radius 1 is 0.156 bits per heavy atom. The molecule has 0 fully saturated rings. The number of nitrogens with one attached hydrogen (secondary N) is 2. The van der Waals surface area contributed by atoms with Gasteiger partial charge in [0.05, 0.1) is 0 Å². The van der Waals surface area contributed by atoms with Gasteiger partial charge in [0.1, 0.15) is 0 Å². The number of carbonyl (C=O) groups is 2. The summed E-state index contributed by atoms with van der Waals surface area (Å²) in [6.45, 7) is 2.08. The first-order valence-corrected chi connectivity index (χ1v) is 34.2. The van der Waals surface area contributed by atoms with Crippen molar-refractivity contribution in [3.63, 3.8) is 0 Å². The molecule has 0 aromatic heterocycles. The third-order valence-corrected chi connectivity index (χ3v) is 15.0. The highest BCUT2D eigenvalue weighted by atomic mass is 19.4. The topological polar surface area (TPSA) is 169 Å². The summed E-state index contributed by atoms with van der Waals surface area (Å²) in [6.07, 6.45) is -182. The highest BCUT2D eigenvalue weighted by Gasteiger charge is 2.85. The molecule has 0 spiro atoms. The van der Waals surface area contributed by atoms with Gasteiger partial charge in [-0.1, -0.05) is 181 Å². The second-order valence-corrected chi connectivity index (χ2v) is 25.3. The molecule has 0 radical (unpaired) electrons. The van der Waals surface area contributed by atoms with Crippen molar-refractivity contribution in [1.82, 2.24) is 10.6 Å². The van der Waals surface area contributed by atoms with E-state index in [0.29, 0.717) is 38.5 Å². The summed E-state index contributed by atoms with van der Waals surface area (Å²) in [7, 11) is 0. The van der Waals surface area contributed by atoms with Crippen LogP contribution in [0.1, 0.15) is 194 Å². The molecular formula is C58H68F48N2O14. The van der Waals surface area contributed by atoms with E-state index in [9.17, 15) is 220 Å². The van der Waals surface area contributed by atoms with Gasteiger partial charge in [-0.05, 0) is 12.8 Å². The van der Waals surface area contributed by atoms with Crippen LogP contribution >= 0.6 is 0 Å². The van der Waals surface area contributed by atoms with Crippen molar-refractivity contribution in [3.8, 4) is 0 Å². The predicted octanol–water partition coefficient (Wildman–Crippen LogP) is 24.6. The first kappa shape index (κ1) is 117. The van der Waals surface area contributed by atoms with Gasteiger partial charge in [-0.2, -0.15) is 211 Å². The van der Waals surface area contributed by atoms with Crippen LogP contribution in [0.15, 0.2) is 0 Å². The van der Waals surface area contributed by atoms with Crippen molar-refractivity contribution in [2.24, 2.45) is 0 Å². The zero-order valence-electron chi connectivity index (χ0n) is 61.1. The molecule has 0 atom stereocenters. The van der Waals surface area contributed by atoms with Gasteiger partial charge < -0.3 is 10.6 Å². The summed E-state index contributed by atoms with van der Waals surface area (Å²) in [5, 5.41) is 2.13. The Morgan fingerprint density at radius 3 is 0.352 bits per heavy atom. The maximum atomic E-state index is 14.1. The molecule has 122 heavy (non-hydrogen) atoms. The zero-order chi connectivity index (χ0) is 96.3. The standard InChI is InChI=1S/C58H68F48N2O14/c1-3-5-7-9-11-13-15-17-19-21-23-25-27-29-31-107-33(109)35(59,60)111-37(63,64)39(67,68)113-41(71,72)43(75,76)115-45(79,80)47(83,84)117-49(87,88)51(91,92)119-53(95,96)55(99,100)121-57(103,104)58(105,106)122-56(101,102)54(97,98)120-52(93,94)50(89,90)118-48(85,86)46(81,82)116-44(77,78)42(73,74)114-40(69,70)38(65,66)112-36(61,62)34(110)108-32-30-28-26-24-22-20-18-16-14-12-10-8-6-4-2/h3-32H2,1-2H3,(H,107,109)(H,108,110). The van der Waals surface area contributed by atoms with Crippen LogP contribution in [0, 0.1) is 0 Å². The van der Waals surface area contributed by atoms with Crippen LogP contribution < -0.4 is 10.6 Å². The molecule has 0 saturated heterocycles. The molecule has 0 heterocycles. The minimum atomic E-state index is -8.92. The van der Waals surface area contributed by atoms with Crippen molar-refractivity contribution in [1.29, 1.82) is 0 Å². The molecule has 2 N–H and O–H groups in total. The molecule has 0 aromatic carbocycles. The minimum Gasteiger partial charge on any atom is -0.349 e. The summed E-state index contributed by atoms with van der Waals surface area (Å²) in [6, 6.07) is 0. The van der Waals surface area contributed by atoms with Gasteiger partial charge in [-0.3, -0.25) is 9.59 Å². The van der Waals surface area contributed by atoms with Gasteiger partial charge in [-0.25, -0.2) is 56.8 Å². The van der Waals surface area contributed by atoms with Crippen LogP contribution in [0.2, 0.25) is 0 Å². The Hall–Kier alpha value is -4.90. The number of hydrogen-bond acceptors (Lipinski definition) is 14. The number of ether oxygens (including phenoxy) is 12.